The molecule has 1 saturated heterocycles. The molecule has 0 saturated carbocycles. The number of aliphatic carboxylic acids is 1. The predicted molar refractivity (Wildman–Crippen MR) is 48.7 cm³/mol. The van der Waals surface area contributed by atoms with E-state index in [0.29, 0.717) is 13.0 Å². The molecule has 2 N–H and O–H groups in total. The minimum atomic E-state index is -0.770. The van der Waals surface area contributed by atoms with Gasteiger partial charge in [0, 0.05) is 12.6 Å². The Morgan fingerprint density at radius 3 is 3.00 bits per heavy atom. The van der Waals surface area contributed by atoms with Crippen LogP contribution in [-0.2, 0) is 9.53 Å². The summed E-state index contributed by atoms with van der Waals surface area (Å²) in [6.45, 7) is 3.32. The molecule has 0 aliphatic carbocycles. The van der Waals surface area contributed by atoms with Crippen molar-refractivity contribution in [2.75, 3.05) is 13.2 Å². The molecule has 76 valence electrons. The average Bonchev–Trinajstić information content (AvgIpc) is 2.15. The van der Waals surface area contributed by atoms with Gasteiger partial charge in [0.25, 0.3) is 0 Å². The molecular weight excluding hydrogens is 170 g/mol. The molecular formula is C9H17NO3. The van der Waals surface area contributed by atoms with E-state index in [1.807, 2.05) is 6.92 Å². The zero-order chi connectivity index (χ0) is 9.68. The summed E-state index contributed by atoms with van der Waals surface area (Å²) in [5.41, 5.74) is 0. The lowest BCUT2D eigenvalue weighted by atomic mass is 10.1. The predicted octanol–water partition coefficient (Wildman–Crippen LogP) is 0.618. The second-order valence-corrected chi connectivity index (χ2v) is 3.38. The SMILES string of the molecule is CCC(NC1CCCOC1)C(=O)O. The number of carboxylic acids is 1. The molecule has 4 nitrogen and oxygen atoms in total. The maximum Gasteiger partial charge on any atom is 0.320 e. The molecule has 1 fully saturated rings. The molecule has 0 aromatic carbocycles. The highest BCUT2D eigenvalue weighted by atomic mass is 16.5. The van der Waals surface area contributed by atoms with Crippen molar-refractivity contribution in [2.24, 2.45) is 0 Å². The van der Waals surface area contributed by atoms with Gasteiger partial charge in [-0.15, -0.1) is 0 Å². The van der Waals surface area contributed by atoms with Crippen LogP contribution in [0.5, 0.6) is 0 Å². The van der Waals surface area contributed by atoms with Crippen molar-refractivity contribution in [3.8, 4) is 0 Å². The lowest BCUT2D eigenvalue weighted by molar-refractivity contribution is -0.140. The fraction of sp³-hybridized carbons (Fsp3) is 0.889. The Kier molecular flexibility index (Phi) is 4.18. The fourth-order valence-corrected chi connectivity index (χ4v) is 1.52. The Morgan fingerprint density at radius 1 is 1.77 bits per heavy atom. The van der Waals surface area contributed by atoms with Gasteiger partial charge in [-0.25, -0.2) is 0 Å². The van der Waals surface area contributed by atoms with Gasteiger partial charge in [0.1, 0.15) is 6.04 Å². The van der Waals surface area contributed by atoms with Gasteiger partial charge in [0.05, 0.1) is 6.61 Å². The Hall–Kier alpha value is -0.610. The van der Waals surface area contributed by atoms with E-state index in [-0.39, 0.29) is 6.04 Å². The number of carbonyl (C=O) groups is 1. The molecule has 0 aromatic heterocycles. The van der Waals surface area contributed by atoms with E-state index in [4.69, 9.17) is 9.84 Å². The topological polar surface area (TPSA) is 58.6 Å². The van der Waals surface area contributed by atoms with E-state index in [9.17, 15) is 4.79 Å². The zero-order valence-corrected chi connectivity index (χ0v) is 7.95. The average molecular weight is 187 g/mol. The molecule has 0 radical (unpaired) electrons. The molecule has 2 atom stereocenters. The summed E-state index contributed by atoms with van der Waals surface area (Å²) in [7, 11) is 0. The summed E-state index contributed by atoms with van der Waals surface area (Å²) < 4.78 is 5.25. The van der Waals surface area contributed by atoms with Crippen molar-refractivity contribution in [3.63, 3.8) is 0 Å². The van der Waals surface area contributed by atoms with Crippen LogP contribution in [-0.4, -0.2) is 36.4 Å². The Labute approximate surface area is 78.3 Å². The van der Waals surface area contributed by atoms with E-state index in [0.717, 1.165) is 19.4 Å². The van der Waals surface area contributed by atoms with E-state index >= 15 is 0 Å². The first kappa shape index (κ1) is 10.5. The third-order valence-corrected chi connectivity index (χ3v) is 2.30. The maximum absolute atomic E-state index is 10.7. The normalized spacial score (nSPS) is 25.5. The third kappa shape index (κ3) is 3.32. The zero-order valence-electron chi connectivity index (χ0n) is 7.95. The summed E-state index contributed by atoms with van der Waals surface area (Å²) in [4.78, 5) is 10.7. The third-order valence-electron chi connectivity index (χ3n) is 2.30. The van der Waals surface area contributed by atoms with Crippen LogP contribution in [0.4, 0.5) is 0 Å². The molecule has 0 aromatic rings. The van der Waals surface area contributed by atoms with E-state index < -0.39 is 12.0 Å². The monoisotopic (exact) mass is 187 g/mol. The van der Waals surface area contributed by atoms with Crippen molar-refractivity contribution >= 4 is 5.97 Å². The van der Waals surface area contributed by atoms with Crippen molar-refractivity contribution in [3.05, 3.63) is 0 Å². The second kappa shape index (κ2) is 5.19. The first-order chi connectivity index (χ1) is 6.24. The van der Waals surface area contributed by atoms with Crippen molar-refractivity contribution in [1.82, 2.24) is 5.32 Å². The van der Waals surface area contributed by atoms with Gasteiger partial charge in [-0.1, -0.05) is 6.92 Å². The number of ether oxygens (including phenoxy) is 1. The Bertz CT molecular complexity index is 166. The van der Waals surface area contributed by atoms with Crippen LogP contribution in [0, 0.1) is 0 Å². The van der Waals surface area contributed by atoms with Crippen LogP contribution < -0.4 is 5.32 Å². The summed E-state index contributed by atoms with van der Waals surface area (Å²) in [5, 5.41) is 11.9. The van der Waals surface area contributed by atoms with E-state index in [2.05, 4.69) is 5.32 Å². The molecule has 1 heterocycles. The minimum Gasteiger partial charge on any atom is -0.480 e. The highest BCUT2D eigenvalue weighted by Gasteiger charge is 2.21. The largest absolute Gasteiger partial charge is 0.480 e. The smallest absolute Gasteiger partial charge is 0.320 e. The first-order valence-corrected chi connectivity index (χ1v) is 4.80. The Morgan fingerprint density at radius 2 is 2.54 bits per heavy atom. The molecule has 0 amide bonds. The summed E-state index contributed by atoms with van der Waals surface area (Å²) >= 11 is 0. The van der Waals surface area contributed by atoms with Gasteiger partial charge in [-0.2, -0.15) is 0 Å². The quantitative estimate of drug-likeness (QED) is 0.677. The number of carboxylic acid groups (broad SMARTS) is 1. The van der Waals surface area contributed by atoms with Gasteiger partial charge in [-0.3, -0.25) is 10.1 Å². The molecule has 0 bridgehead atoms. The van der Waals surface area contributed by atoms with Gasteiger partial charge < -0.3 is 9.84 Å². The number of rotatable bonds is 4. The van der Waals surface area contributed by atoms with Crippen molar-refractivity contribution < 1.29 is 14.6 Å². The Balaban J connectivity index is 2.31. The first-order valence-electron chi connectivity index (χ1n) is 4.80. The van der Waals surface area contributed by atoms with Crippen LogP contribution in [0.25, 0.3) is 0 Å². The maximum atomic E-state index is 10.7. The molecule has 1 aliphatic rings. The molecule has 1 rings (SSSR count). The second-order valence-electron chi connectivity index (χ2n) is 3.38. The minimum absolute atomic E-state index is 0.217. The van der Waals surface area contributed by atoms with Gasteiger partial charge >= 0.3 is 5.97 Å². The van der Waals surface area contributed by atoms with Crippen LogP contribution in [0.2, 0.25) is 0 Å². The molecule has 2 unspecified atom stereocenters. The van der Waals surface area contributed by atoms with Crippen molar-refractivity contribution in [2.45, 2.75) is 38.3 Å². The van der Waals surface area contributed by atoms with Crippen LogP contribution in [0.1, 0.15) is 26.2 Å². The lowest BCUT2D eigenvalue weighted by Gasteiger charge is -2.26. The number of hydrogen-bond donors (Lipinski definition) is 2. The summed E-state index contributed by atoms with van der Waals surface area (Å²) in [5.74, 6) is -0.770. The summed E-state index contributed by atoms with van der Waals surface area (Å²) in [6.07, 6.45) is 2.66. The fourth-order valence-electron chi connectivity index (χ4n) is 1.52. The van der Waals surface area contributed by atoms with Crippen LogP contribution >= 0.6 is 0 Å². The highest BCUT2D eigenvalue weighted by molar-refractivity contribution is 5.73. The van der Waals surface area contributed by atoms with E-state index in [1.165, 1.54) is 0 Å². The number of hydrogen-bond acceptors (Lipinski definition) is 3. The van der Waals surface area contributed by atoms with E-state index in [1.54, 1.807) is 0 Å². The summed E-state index contributed by atoms with van der Waals surface area (Å²) in [6, 6.07) is -0.207. The van der Waals surface area contributed by atoms with Crippen LogP contribution in [0.3, 0.4) is 0 Å². The standard InChI is InChI=1S/C9H17NO3/c1-2-8(9(11)12)10-7-4-3-5-13-6-7/h7-8,10H,2-6H2,1H3,(H,11,12). The molecule has 0 spiro atoms. The molecule has 1 aliphatic heterocycles. The van der Waals surface area contributed by atoms with Gasteiger partial charge in [-0.05, 0) is 19.3 Å². The molecule has 13 heavy (non-hydrogen) atoms. The lowest BCUT2D eigenvalue weighted by Crippen LogP contribution is -2.46. The van der Waals surface area contributed by atoms with Gasteiger partial charge in [0.15, 0.2) is 0 Å². The van der Waals surface area contributed by atoms with Crippen LogP contribution in [0.15, 0.2) is 0 Å². The van der Waals surface area contributed by atoms with Gasteiger partial charge in [0.2, 0.25) is 0 Å². The molecule has 4 heteroatoms. The number of nitrogens with one attached hydrogen (secondary N) is 1. The van der Waals surface area contributed by atoms with Crippen molar-refractivity contribution in [1.29, 1.82) is 0 Å². The highest BCUT2D eigenvalue weighted by Crippen LogP contribution is 2.07.